The predicted octanol–water partition coefficient (Wildman–Crippen LogP) is 5.91. The minimum Gasteiger partial charge on any atom is -0.496 e. The summed E-state index contributed by atoms with van der Waals surface area (Å²) >= 11 is 0. The van der Waals surface area contributed by atoms with Gasteiger partial charge < -0.3 is 14.1 Å². The molecule has 2 aromatic carbocycles. The van der Waals surface area contributed by atoms with E-state index in [-0.39, 0.29) is 5.91 Å². The van der Waals surface area contributed by atoms with Crippen molar-refractivity contribution in [2.75, 3.05) is 13.7 Å². The molecule has 0 aliphatic carbocycles. The molecule has 1 aliphatic heterocycles. The Bertz CT molecular complexity index is 1050. The standard InChI is InChI=1S/C25H27NO3/c1-17(13-25(27)26-12-8-7-9-18(26)2)20-14-21-22(19-10-5-4-6-11-19)16-29-24(21)15-23(20)28-3/h4-6,10-11,13-16,18H,7-9,12H2,1-3H3/b17-13+. The number of fused-ring (bicyclic) bond motifs is 1. The van der Waals surface area contributed by atoms with Crippen molar-refractivity contribution in [3.63, 3.8) is 0 Å². The number of carbonyl (C=O) groups excluding carboxylic acids is 1. The smallest absolute Gasteiger partial charge is 0.247 e. The Morgan fingerprint density at radius 3 is 2.72 bits per heavy atom. The third-order valence-electron chi connectivity index (χ3n) is 5.83. The summed E-state index contributed by atoms with van der Waals surface area (Å²) in [5.74, 6) is 0.784. The number of carbonyl (C=O) groups is 1. The second kappa shape index (κ2) is 8.16. The highest BCUT2D eigenvalue weighted by atomic mass is 16.5. The molecule has 4 heteroatoms. The molecule has 1 unspecified atom stereocenters. The van der Waals surface area contributed by atoms with Crippen LogP contribution in [0.5, 0.6) is 5.75 Å². The molecule has 0 spiro atoms. The van der Waals surface area contributed by atoms with Gasteiger partial charge in [-0.05, 0) is 50.3 Å². The lowest BCUT2D eigenvalue weighted by Gasteiger charge is -2.32. The largest absolute Gasteiger partial charge is 0.496 e. The van der Waals surface area contributed by atoms with Crippen molar-refractivity contribution in [2.45, 2.75) is 39.2 Å². The Morgan fingerprint density at radius 1 is 1.21 bits per heavy atom. The Morgan fingerprint density at radius 2 is 2.00 bits per heavy atom. The Balaban J connectivity index is 1.74. The second-order valence-electron chi connectivity index (χ2n) is 7.77. The van der Waals surface area contributed by atoms with Gasteiger partial charge in [-0.15, -0.1) is 0 Å². The number of hydrogen-bond acceptors (Lipinski definition) is 3. The predicted molar refractivity (Wildman–Crippen MR) is 117 cm³/mol. The first-order chi connectivity index (χ1) is 14.1. The zero-order chi connectivity index (χ0) is 20.4. The summed E-state index contributed by atoms with van der Waals surface area (Å²) < 4.78 is 11.4. The highest BCUT2D eigenvalue weighted by Crippen LogP contribution is 2.37. The van der Waals surface area contributed by atoms with E-state index in [0.717, 1.165) is 52.6 Å². The van der Waals surface area contributed by atoms with Gasteiger partial charge >= 0.3 is 0 Å². The third-order valence-corrected chi connectivity index (χ3v) is 5.83. The van der Waals surface area contributed by atoms with Crippen molar-refractivity contribution in [3.8, 4) is 16.9 Å². The Kier molecular flexibility index (Phi) is 5.43. The highest BCUT2D eigenvalue weighted by molar-refractivity contribution is 6.00. The minimum absolute atomic E-state index is 0.0762. The zero-order valence-corrected chi connectivity index (χ0v) is 17.3. The van der Waals surface area contributed by atoms with Gasteiger partial charge in [-0.3, -0.25) is 4.79 Å². The summed E-state index contributed by atoms with van der Waals surface area (Å²) in [6, 6.07) is 14.4. The van der Waals surface area contributed by atoms with E-state index in [1.807, 2.05) is 36.1 Å². The van der Waals surface area contributed by atoms with Crippen LogP contribution >= 0.6 is 0 Å². The summed E-state index contributed by atoms with van der Waals surface area (Å²) in [6.07, 6.45) is 6.87. The molecule has 1 aliphatic rings. The average molecular weight is 389 g/mol. The number of ether oxygens (including phenoxy) is 1. The third kappa shape index (κ3) is 3.80. The fourth-order valence-corrected chi connectivity index (χ4v) is 4.14. The van der Waals surface area contributed by atoms with Crippen LogP contribution in [0.2, 0.25) is 0 Å². The number of allylic oxidation sites excluding steroid dienone is 1. The number of amides is 1. The molecule has 4 rings (SSSR count). The van der Waals surface area contributed by atoms with Gasteiger partial charge in [0.2, 0.25) is 5.91 Å². The lowest BCUT2D eigenvalue weighted by molar-refractivity contribution is -0.129. The van der Waals surface area contributed by atoms with Gasteiger partial charge in [0.15, 0.2) is 0 Å². The molecule has 1 aromatic heterocycles. The summed E-state index contributed by atoms with van der Waals surface area (Å²) in [5.41, 5.74) is 4.71. The monoisotopic (exact) mass is 389 g/mol. The van der Waals surface area contributed by atoms with Crippen molar-refractivity contribution in [1.82, 2.24) is 4.90 Å². The first kappa shape index (κ1) is 19.3. The maximum absolute atomic E-state index is 12.9. The van der Waals surface area contributed by atoms with Crippen LogP contribution in [0.4, 0.5) is 0 Å². The highest BCUT2D eigenvalue weighted by Gasteiger charge is 2.22. The van der Waals surface area contributed by atoms with Crippen LogP contribution < -0.4 is 4.74 Å². The van der Waals surface area contributed by atoms with Crippen LogP contribution in [0.25, 0.3) is 27.7 Å². The van der Waals surface area contributed by atoms with E-state index in [2.05, 4.69) is 25.1 Å². The van der Waals surface area contributed by atoms with E-state index in [1.54, 1.807) is 19.4 Å². The molecular weight excluding hydrogens is 362 g/mol. The van der Waals surface area contributed by atoms with Crippen LogP contribution in [0.15, 0.2) is 59.2 Å². The molecule has 4 nitrogen and oxygen atoms in total. The molecule has 1 amide bonds. The van der Waals surface area contributed by atoms with Crippen molar-refractivity contribution >= 4 is 22.4 Å². The minimum atomic E-state index is 0.0762. The van der Waals surface area contributed by atoms with Crippen LogP contribution in [0, 0.1) is 0 Å². The second-order valence-corrected chi connectivity index (χ2v) is 7.77. The van der Waals surface area contributed by atoms with Gasteiger partial charge in [0.1, 0.15) is 11.3 Å². The first-order valence-corrected chi connectivity index (χ1v) is 10.2. The molecule has 0 bridgehead atoms. The molecule has 2 heterocycles. The van der Waals surface area contributed by atoms with E-state index in [1.165, 1.54) is 6.42 Å². The van der Waals surface area contributed by atoms with Crippen molar-refractivity contribution in [3.05, 3.63) is 60.4 Å². The molecule has 0 saturated carbocycles. The maximum Gasteiger partial charge on any atom is 0.247 e. The fourth-order valence-electron chi connectivity index (χ4n) is 4.14. The molecule has 0 N–H and O–H groups in total. The number of likely N-dealkylation sites (tertiary alicyclic amines) is 1. The van der Waals surface area contributed by atoms with Crippen molar-refractivity contribution in [1.29, 1.82) is 0 Å². The number of benzene rings is 2. The Labute approximate surface area is 171 Å². The van der Waals surface area contributed by atoms with Crippen molar-refractivity contribution in [2.24, 2.45) is 0 Å². The molecule has 150 valence electrons. The number of hydrogen-bond donors (Lipinski definition) is 0. The summed E-state index contributed by atoms with van der Waals surface area (Å²) in [4.78, 5) is 14.9. The number of piperidine rings is 1. The lowest BCUT2D eigenvalue weighted by Crippen LogP contribution is -2.41. The maximum atomic E-state index is 12.9. The molecule has 1 atom stereocenters. The number of methoxy groups -OCH3 is 1. The average Bonchev–Trinajstić information content (AvgIpc) is 3.16. The number of rotatable bonds is 4. The summed E-state index contributed by atoms with van der Waals surface area (Å²) in [7, 11) is 1.65. The molecular formula is C25H27NO3. The van der Waals surface area contributed by atoms with Crippen LogP contribution in [0.1, 0.15) is 38.7 Å². The molecule has 29 heavy (non-hydrogen) atoms. The summed E-state index contributed by atoms with van der Waals surface area (Å²) in [6.45, 7) is 4.93. The van der Waals surface area contributed by atoms with Crippen LogP contribution in [-0.2, 0) is 4.79 Å². The van der Waals surface area contributed by atoms with E-state index in [9.17, 15) is 4.79 Å². The van der Waals surface area contributed by atoms with Gasteiger partial charge in [-0.25, -0.2) is 0 Å². The van der Waals surface area contributed by atoms with E-state index < -0.39 is 0 Å². The Hall–Kier alpha value is -3.01. The van der Waals surface area contributed by atoms with E-state index in [0.29, 0.717) is 11.8 Å². The lowest BCUT2D eigenvalue weighted by atomic mass is 9.98. The normalized spacial score (nSPS) is 17.6. The van der Waals surface area contributed by atoms with Gasteiger partial charge in [0.25, 0.3) is 0 Å². The molecule has 1 saturated heterocycles. The molecule has 1 fully saturated rings. The van der Waals surface area contributed by atoms with Crippen molar-refractivity contribution < 1.29 is 13.9 Å². The zero-order valence-electron chi connectivity index (χ0n) is 17.3. The SMILES string of the molecule is COc1cc2occ(-c3ccccc3)c2cc1/C(C)=C/C(=O)N1CCCCC1C. The van der Waals surface area contributed by atoms with Gasteiger partial charge in [0, 0.05) is 41.2 Å². The van der Waals surface area contributed by atoms with E-state index >= 15 is 0 Å². The van der Waals surface area contributed by atoms with E-state index in [4.69, 9.17) is 9.15 Å². The van der Waals surface area contributed by atoms with Gasteiger partial charge in [-0.1, -0.05) is 30.3 Å². The molecule has 3 aromatic rings. The topological polar surface area (TPSA) is 42.7 Å². The number of nitrogens with zero attached hydrogens (tertiary/aromatic N) is 1. The number of furan rings is 1. The fraction of sp³-hybridized carbons (Fsp3) is 0.320. The molecule has 0 radical (unpaired) electrons. The van der Waals surface area contributed by atoms with Gasteiger partial charge in [-0.2, -0.15) is 0 Å². The van der Waals surface area contributed by atoms with Gasteiger partial charge in [0.05, 0.1) is 13.4 Å². The first-order valence-electron chi connectivity index (χ1n) is 10.2. The van der Waals surface area contributed by atoms with Crippen LogP contribution in [-0.4, -0.2) is 30.5 Å². The van der Waals surface area contributed by atoms with Crippen LogP contribution in [0.3, 0.4) is 0 Å². The summed E-state index contributed by atoms with van der Waals surface area (Å²) in [5, 5.41) is 1.01. The quantitative estimate of drug-likeness (QED) is 0.521.